The predicted molar refractivity (Wildman–Crippen MR) is 73.8 cm³/mol. The van der Waals surface area contributed by atoms with Gasteiger partial charge in [0.15, 0.2) is 0 Å². The molecule has 1 unspecified atom stereocenters. The van der Waals surface area contributed by atoms with Crippen LogP contribution in [-0.2, 0) is 15.3 Å². The van der Waals surface area contributed by atoms with Gasteiger partial charge < -0.3 is 10.5 Å². The third-order valence-corrected chi connectivity index (χ3v) is 3.44. The van der Waals surface area contributed by atoms with Crippen molar-refractivity contribution >= 4 is 23.4 Å². The Morgan fingerprint density at radius 2 is 2.25 bits per heavy atom. The molecule has 0 amide bonds. The number of halogens is 1. The second-order valence-electron chi connectivity index (χ2n) is 3.95. The summed E-state index contributed by atoms with van der Waals surface area (Å²) in [7, 11) is 0. The summed E-state index contributed by atoms with van der Waals surface area (Å²) >= 11 is 1.28. The molecule has 0 radical (unpaired) electrons. The van der Waals surface area contributed by atoms with Gasteiger partial charge >= 0.3 is 5.97 Å². The molecule has 0 aromatic heterocycles. The Kier molecular flexibility index (Phi) is 6.40. The van der Waals surface area contributed by atoms with Crippen LogP contribution in [0, 0.1) is 15.9 Å². The second kappa shape index (κ2) is 7.81. The first-order chi connectivity index (χ1) is 9.43. The van der Waals surface area contributed by atoms with Crippen LogP contribution in [0.2, 0.25) is 0 Å². The van der Waals surface area contributed by atoms with Gasteiger partial charge in [-0.1, -0.05) is 0 Å². The highest BCUT2D eigenvalue weighted by atomic mass is 32.2. The minimum absolute atomic E-state index is 0.257. The van der Waals surface area contributed by atoms with E-state index in [4.69, 9.17) is 10.5 Å². The summed E-state index contributed by atoms with van der Waals surface area (Å²) in [6.07, 6.45) is 0. The van der Waals surface area contributed by atoms with Crippen LogP contribution in [0.1, 0.15) is 12.5 Å². The fourth-order valence-electron chi connectivity index (χ4n) is 1.44. The topological polar surface area (TPSA) is 95.5 Å². The number of nitro groups is 1. The number of nitrogens with two attached hydrogens (primary N) is 1. The number of nitro benzene ring substituents is 1. The van der Waals surface area contributed by atoms with Gasteiger partial charge in [0.05, 0.1) is 17.6 Å². The smallest absolute Gasteiger partial charge is 0.323 e. The molecule has 0 aliphatic heterocycles. The zero-order valence-electron chi connectivity index (χ0n) is 10.9. The van der Waals surface area contributed by atoms with Crippen LogP contribution in [0.5, 0.6) is 0 Å². The highest BCUT2D eigenvalue weighted by Crippen LogP contribution is 2.20. The molecule has 1 aromatic rings. The SMILES string of the molecule is CCOC(=O)C(N)CSCc1cc(F)cc([N+](=O)[O-])c1. The van der Waals surface area contributed by atoms with Crippen molar-refractivity contribution in [1.82, 2.24) is 0 Å². The number of hydrogen-bond acceptors (Lipinski definition) is 6. The lowest BCUT2D eigenvalue weighted by molar-refractivity contribution is -0.385. The van der Waals surface area contributed by atoms with E-state index < -0.39 is 22.8 Å². The Bertz CT molecular complexity index is 498. The van der Waals surface area contributed by atoms with Crippen molar-refractivity contribution in [3.63, 3.8) is 0 Å². The Labute approximate surface area is 119 Å². The molecule has 110 valence electrons. The van der Waals surface area contributed by atoms with Crippen molar-refractivity contribution in [2.75, 3.05) is 12.4 Å². The molecule has 6 nitrogen and oxygen atoms in total. The highest BCUT2D eigenvalue weighted by Gasteiger charge is 2.15. The molecule has 20 heavy (non-hydrogen) atoms. The molecule has 0 bridgehead atoms. The van der Waals surface area contributed by atoms with E-state index in [1.165, 1.54) is 23.9 Å². The van der Waals surface area contributed by atoms with Crippen molar-refractivity contribution in [2.45, 2.75) is 18.7 Å². The minimum atomic E-state index is -0.761. The monoisotopic (exact) mass is 302 g/mol. The molecule has 0 spiro atoms. The van der Waals surface area contributed by atoms with E-state index in [0.717, 1.165) is 6.07 Å². The molecule has 0 aliphatic rings. The predicted octanol–water partition coefficient (Wildman–Crippen LogP) is 1.86. The molecule has 0 heterocycles. The Hall–Kier alpha value is -1.67. The zero-order chi connectivity index (χ0) is 15.1. The van der Waals surface area contributed by atoms with Gasteiger partial charge in [0, 0.05) is 17.6 Å². The van der Waals surface area contributed by atoms with Crippen LogP contribution in [0.3, 0.4) is 0 Å². The lowest BCUT2D eigenvalue weighted by Crippen LogP contribution is -2.34. The summed E-state index contributed by atoms with van der Waals surface area (Å²) in [5, 5.41) is 10.6. The van der Waals surface area contributed by atoms with Gasteiger partial charge in [-0.05, 0) is 18.6 Å². The normalized spacial score (nSPS) is 11.9. The number of carbonyl (C=O) groups excluding carboxylic acids is 1. The van der Waals surface area contributed by atoms with Crippen molar-refractivity contribution in [1.29, 1.82) is 0 Å². The molecule has 1 aromatic carbocycles. The number of carbonyl (C=O) groups is 1. The fraction of sp³-hybridized carbons (Fsp3) is 0.417. The molecule has 0 saturated carbocycles. The van der Waals surface area contributed by atoms with Gasteiger partial charge in [0.1, 0.15) is 11.9 Å². The molecule has 1 atom stereocenters. The molecule has 0 fully saturated rings. The van der Waals surface area contributed by atoms with Crippen molar-refractivity contribution in [2.24, 2.45) is 5.73 Å². The number of ether oxygens (including phenoxy) is 1. The molecule has 2 N–H and O–H groups in total. The van der Waals surface area contributed by atoms with Gasteiger partial charge in [-0.2, -0.15) is 11.8 Å². The molecular formula is C12H15FN2O4S. The molecule has 0 saturated heterocycles. The molecule has 0 aliphatic carbocycles. The number of non-ortho nitro benzene ring substituents is 1. The maximum Gasteiger partial charge on any atom is 0.323 e. The van der Waals surface area contributed by atoms with E-state index in [9.17, 15) is 19.3 Å². The maximum atomic E-state index is 13.2. The summed E-state index contributed by atoms with van der Waals surface area (Å²) in [5.41, 5.74) is 5.77. The minimum Gasteiger partial charge on any atom is -0.465 e. The maximum absolute atomic E-state index is 13.2. The summed E-state index contributed by atoms with van der Waals surface area (Å²) < 4.78 is 17.9. The standard InChI is InChI=1S/C12H15FN2O4S/c1-2-19-12(16)11(14)7-20-6-8-3-9(13)5-10(4-8)15(17)18/h3-5,11H,2,6-7,14H2,1H3. The number of thioether (sulfide) groups is 1. The third kappa shape index (κ3) is 5.14. The average Bonchev–Trinajstić information content (AvgIpc) is 2.38. The van der Waals surface area contributed by atoms with E-state index in [2.05, 4.69) is 0 Å². The average molecular weight is 302 g/mol. The highest BCUT2D eigenvalue weighted by molar-refractivity contribution is 7.98. The van der Waals surface area contributed by atoms with Gasteiger partial charge in [-0.3, -0.25) is 14.9 Å². The largest absolute Gasteiger partial charge is 0.465 e. The first-order valence-corrected chi connectivity index (χ1v) is 7.03. The molecule has 8 heteroatoms. The first-order valence-electron chi connectivity index (χ1n) is 5.87. The van der Waals surface area contributed by atoms with Crippen LogP contribution in [0.4, 0.5) is 10.1 Å². The number of rotatable bonds is 7. The number of esters is 1. The Morgan fingerprint density at radius 3 is 2.85 bits per heavy atom. The third-order valence-electron chi connectivity index (χ3n) is 2.31. The lowest BCUT2D eigenvalue weighted by atomic mass is 10.2. The first kappa shape index (κ1) is 16.4. The van der Waals surface area contributed by atoms with Gasteiger partial charge in [-0.15, -0.1) is 0 Å². The van der Waals surface area contributed by atoms with Crippen LogP contribution < -0.4 is 5.73 Å². The van der Waals surface area contributed by atoms with Crippen molar-refractivity contribution < 1.29 is 18.8 Å². The van der Waals surface area contributed by atoms with E-state index >= 15 is 0 Å². The molecule has 1 rings (SSSR count). The van der Waals surface area contributed by atoms with Crippen LogP contribution >= 0.6 is 11.8 Å². The summed E-state index contributed by atoms with van der Waals surface area (Å²) in [6, 6.07) is 2.61. The van der Waals surface area contributed by atoms with Gasteiger partial charge in [-0.25, -0.2) is 4.39 Å². The fourth-order valence-corrected chi connectivity index (χ4v) is 2.35. The van der Waals surface area contributed by atoms with Crippen molar-refractivity contribution in [3.8, 4) is 0 Å². The van der Waals surface area contributed by atoms with Crippen LogP contribution in [-0.4, -0.2) is 29.3 Å². The van der Waals surface area contributed by atoms with Gasteiger partial charge in [0.2, 0.25) is 0 Å². The quantitative estimate of drug-likeness (QED) is 0.469. The van der Waals surface area contributed by atoms with E-state index in [1.54, 1.807) is 6.92 Å². The number of nitrogens with zero attached hydrogens (tertiary/aromatic N) is 1. The van der Waals surface area contributed by atoms with Crippen LogP contribution in [0.25, 0.3) is 0 Å². The van der Waals surface area contributed by atoms with E-state index in [-0.39, 0.29) is 12.3 Å². The lowest BCUT2D eigenvalue weighted by Gasteiger charge is -2.10. The van der Waals surface area contributed by atoms with E-state index in [1.807, 2.05) is 0 Å². The zero-order valence-corrected chi connectivity index (χ0v) is 11.7. The Morgan fingerprint density at radius 1 is 1.55 bits per heavy atom. The summed E-state index contributed by atoms with van der Waals surface area (Å²) in [4.78, 5) is 21.2. The summed E-state index contributed by atoms with van der Waals surface area (Å²) in [5.74, 6) is -0.538. The second-order valence-corrected chi connectivity index (χ2v) is 4.98. The van der Waals surface area contributed by atoms with E-state index in [0.29, 0.717) is 17.1 Å². The van der Waals surface area contributed by atoms with Gasteiger partial charge in [0.25, 0.3) is 5.69 Å². The number of hydrogen-bond donors (Lipinski definition) is 1. The molecular weight excluding hydrogens is 287 g/mol. The van der Waals surface area contributed by atoms with Crippen LogP contribution in [0.15, 0.2) is 18.2 Å². The number of benzene rings is 1. The van der Waals surface area contributed by atoms with Crippen molar-refractivity contribution in [3.05, 3.63) is 39.7 Å². The Balaban J connectivity index is 2.54. The summed E-state index contributed by atoms with van der Waals surface area (Å²) in [6.45, 7) is 1.94.